The van der Waals surface area contributed by atoms with Crippen molar-refractivity contribution in [1.82, 2.24) is 14.7 Å². The van der Waals surface area contributed by atoms with Crippen LogP contribution in [0, 0.1) is 13.8 Å². The van der Waals surface area contributed by atoms with E-state index in [9.17, 15) is 0 Å². The van der Waals surface area contributed by atoms with Crippen LogP contribution in [0.25, 0.3) is 0 Å². The monoisotopic (exact) mass is 335 g/mol. The molecule has 0 saturated carbocycles. The van der Waals surface area contributed by atoms with Gasteiger partial charge in [0.15, 0.2) is 0 Å². The Morgan fingerprint density at radius 3 is 2.30 bits per heavy atom. The van der Waals surface area contributed by atoms with Crippen molar-refractivity contribution in [2.45, 2.75) is 39.3 Å². The van der Waals surface area contributed by atoms with Crippen LogP contribution < -0.4 is 0 Å². The van der Waals surface area contributed by atoms with Gasteiger partial charge in [-0.3, -0.25) is 9.80 Å². The molecule has 3 rings (SSSR count). The number of benzene rings is 1. The molecule has 0 N–H and O–H groups in total. The quantitative estimate of drug-likeness (QED) is 0.840. The van der Waals surface area contributed by atoms with E-state index in [1.54, 1.807) is 0 Å². The van der Waals surface area contributed by atoms with E-state index in [0.717, 1.165) is 17.6 Å². The number of likely N-dealkylation sites (tertiary alicyclic amines) is 1. The third-order valence-electron chi connectivity index (χ3n) is 5.60. The number of piperazine rings is 1. The molecule has 0 amide bonds. The zero-order valence-corrected chi connectivity index (χ0v) is 15.6. The summed E-state index contributed by atoms with van der Waals surface area (Å²) in [5.41, 5.74) is 3.91. The summed E-state index contributed by atoms with van der Waals surface area (Å²) in [7, 11) is 2.23. The van der Waals surface area contributed by atoms with Crippen LogP contribution in [0.5, 0.6) is 0 Å². The first kappa shape index (κ1) is 17.2. The molecule has 0 aromatic heterocycles. The van der Waals surface area contributed by atoms with Crippen LogP contribution >= 0.6 is 11.6 Å². The zero-order valence-electron chi connectivity index (χ0n) is 14.8. The van der Waals surface area contributed by atoms with Gasteiger partial charge in [-0.25, -0.2) is 0 Å². The van der Waals surface area contributed by atoms with Gasteiger partial charge in [0.2, 0.25) is 0 Å². The van der Waals surface area contributed by atoms with Gasteiger partial charge in [0.25, 0.3) is 0 Å². The van der Waals surface area contributed by atoms with Crippen LogP contribution in [0.3, 0.4) is 0 Å². The Morgan fingerprint density at radius 2 is 1.65 bits per heavy atom. The lowest BCUT2D eigenvalue weighted by molar-refractivity contribution is 0.0657. The Labute approximate surface area is 146 Å². The highest BCUT2D eigenvalue weighted by Crippen LogP contribution is 2.25. The first-order valence-corrected chi connectivity index (χ1v) is 9.31. The summed E-state index contributed by atoms with van der Waals surface area (Å²) in [6, 6.07) is 5.16. The van der Waals surface area contributed by atoms with Crippen molar-refractivity contribution in [3.8, 4) is 0 Å². The van der Waals surface area contributed by atoms with Gasteiger partial charge >= 0.3 is 0 Å². The Morgan fingerprint density at radius 1 is 1.00 bits per heavy atom. The molecule has 0 radical (unpaired) electrons. The van der Waals surface area contributed by atoms with Crippen LogP contribution in [-0.2, 0) is 6.54 Å². The van der Waals surface area contributed by atoms with Gasteiger partial charge in [-0.15, -0.1) is 0 Å². The fraction of sp³-hybridized carbons (Fsp3) is 0.684. The van der Waals surface area contributed by atoms with E-state index in [0.29, 0.717) is 0 Å². The minimum Gasteiger partial charge on any atom is -0.304 e. The molecule has 0 aliphatic carbocycles. The molecule has 3 nitrogen and oxygen atoms in total. The van der Waals surface area contributed by atoms with E-state index in [2.05, 4.69) is 47.7 Å². The number of nitrogens with zero attached hydrogens (tertiary/aromatic N) is 3. The van der Waals surface area contributed by atoms with E-state index < -0.39 is 0 Å². The number of likely N-dealkylation sites (N-methyl/N-ethyl adjacent to an activating group) is 1. The molecule has 2 aliphatic heterocycles. The van der Waals surface area contributed by atoms with Gasteiger partial charge in [0.1, 0.15) is 0 Å². The second-order valence-electron chi connectivity index (χ2n) is 7.38. The maximum Gasteiger partial charge on any atom is 0.0441 e. The topological polar surface area (TPSA) is 9.72 Å². The molecule has 2 heterocycles. The molecule has 2 aliphatic rings. The summed E-state index contributed by atoms with van der Waals surface area (Å²) < 4.78 is 0. The van der Waals surface area contributed by atoms with E-state index in [1.807, 2.05) is 0 Å². The molecule has 0 unspecified atom stereocenters. The maximum absolute atomic E-state index is 6.34. The number of aryl methyl sites for hydroxylation is 1. The van der Waals surface area contributed by atoms with Gasteiger partial charge in [0, 0.05) is 43.8 Å². The smallest absolute Gasteiger partial charge is 0.0441 e. The lowest BCUT2D eigenvalue weighted by Gasteiger charge is -2.42. The normalized spacial score (nSPS) is 22.6. The lowest BCUT2D eigenvalue weighted by Crippen LogP contribution is -2.52. The summed E-state index contributed by atoms with van der Waals surface area (Å²) in [5, 5.41) is 0.910. The summed E-state index contributed by atoms with van der Waals surface area (Å²) in [6.45, 7) is 12.7. The number of hydrogen-bond donors (Lipinski definition) is 0. The Hall–Kier alpha value is -0.610. The highest BCUT2D eigenvalue weighted by molar-refractivity contribution is 6.31. The Balaban J connectivity index is 1.53. The molecular weight excluding hydrogens is 306 g/mol. The van der Waals surface area contributed by atoms with Gasteiger partial charge in [-0.1, -0.05) is 17.7 Å². The molecule has 0 bridgehead atoms. The third kappa shape index (κ3) is 4.27. The molecule has 23 heavy (non-hydrogen) atoms. The van der Waals surface area contributed by atoms with Crippen molar-refractivity contribution >= 4 is 11.6 Å². The minimum absolute atomic E-state index is 0.794. The van der Waals surface area contributed by atoms with Crippen molar-refractivity contribution in [2.24, 2.45) is 0 Å². The highest BCUT2D eigenvalue weighted by Gasteiger charge is 2.26. The highest BCUT2D eigenvalue weighted by atomic mass is 35.5. The van der Waals surface area contributed by atoms with Crippen molar-refractivity contribution < 1.29 is 0 Å². The first-order chi connectivity index (χ1) is 11.0. The average Bonchev–Trinajstić information content (AvgIpc) is 2.54. The van der Waals surface area contributed by atoms with E-state index in [1.165, 1.54) is 68.8 Å². The molecule has 4 heteroatoms. The summed E-state index contributed by atoms with van der Waals surface area (Å²) in [5.74, 6) is 0. The largest absolute Gasteiger partial charge is 0.304 e. The van der Waals surface area contributed by atoms with E-state index in [4.69, 9.17) is 11.6 Å². The van der Waals surface area contributed by atoms with Gasteiger partial charge in [-0.2, -0.15) is 0 Å². The second kappa shape index (κ2) is 7.52. The van der Waals surface area contributed by atoms with Crippen LogP contribution in [0.1, 0.15) is 29.5 Å². The molecule has 128 valence electrons. The first-order valence-electron chi connectivity index (χ1n) is 8.93. The van der Waals surface area contributed by atoms with Crippen molar-refractivity contribution in [3.63, 3.8) is 0 Å². The fourth-order valence-corrected chi connectivity index (χ4v) is 4.21. The van der Waals surface area contributed by atoms with E-state index >= 15 is 0 Å². The van der Waals surface area contributed by atoms with E-state index in [-0.39, 0.29) is 0 Å². The van der Waals surface area contributed by atoms with Crippen molar-refractivity contribution in [2.75, 3.05) is 46.3 Å². The summed E-state index contributed by atoms with van der Waals surface area (Å²) in [6.07, 6.45) is 2.62. The van der Waals surface area contributed by atoms with Crippen molar-refractivity contribution in [3.05, 3.63) is 33.8 Å². The molecule has 2 fully saturated rings. The number of piperidine rings is 1. The fourth-order valence-electron chi connectivity index (χ4n) is 3.92. The predicted molar refractivity (Wildman–Crippen MR) is 98.3 cm³/mol. The second-order valence-corrected chi connectivity index (χ2v) is 7.78. The average molecular weight is 336 g/mol. The SMILES string of the molecule is Cc1cc(Cl)c(C)c(CN2CCC(N3CCN(C)CC3)CC2)c1. The zero-order chi connectivity index (χ0) is 16.4. The Bertz CT molecular complexity index is 530. The standard InChI is InChI=1S/C19H30ClN3/c1-15-12-17(16(2)19(20)13-15)14-22-6-4-18(5-7-22)23-10-8-21(3)9-11-23/h12-13,18H,4-11,14H2,1-3H3. The molecular formula is C19H30ClN3. The number of rotatable bonds is 3. The lowest BCUT2D eigenvalue weighted by atomic mass is 10.00. The molecule has 1 aromatic rings. The third-order valence-corrected chi connectivity index (χ3v) is 5.99. The minimum atomic E-state index is 0.794. The number of halogens is 1. The van der Waals surface area contributed by atoms with Gasteiger partial charge in [-0.05, 0) is 69.6 Å². The van der Waals surface area contributed by atoms with Crippen LogP contribution in [0.4, 0.5) is 0 Å². The number of hydrogen-bond acceptors (Lipinski definition) is 3. The van der Waals surface area contributed by atoms with Crippen molar-refractivity contribution in [1.29, 1.82) is 0 Å². The maximum atomic E-state index is 6.34. The Kier molecular flexibility index (Phi) is 5.63. The van der Waals surface area contributed by atoms with Crippen LogP contribution in [0.2, 0.25) is 5.02 Å². The summed E-state index contributed by atoms with van der Waals surface area (Å²) >= 11 is 6.34. The van der Waals surface area contributed by atoms with Crippen LogP contribution in [-0.4, -0.2) is 67.1 Å². The molecule has 0 spiro atoms. The summed E-state index contributed by atoms with van der Waals surface area (Å²) in [4.78, 5) is 7.76. The molecule has 0 atom stereocenters. The van der Waals surface area contributed by atoms with Gasteiger partial charge < -0.3 is 4.90 Å². The van der Waals surface area contributed by atoms with Gasteiger partial charge in [0.05, 0.1) is 0 Å². The van der Waals surface area contributed by atoms with Crippen LogP contribution in [0.15, 0.2) is 12.1 Å². The molecule has 1 aromatic carbocycles. The predicted octanol–water partition coefficient (Wildman–Crippen LogP) is 3.17. The molecule has 2 saturated heterocycles.